The van der Waals surface area contributed by atoms with Crippen LogP contribution in [0.15, 0.2) is 35.4 Å². The molecule has 0 spiro atoms. The monoisotopic (exact) mass is 299 g/mol. The molecule has 5 nitrogen and oxygen atoms in total. The van der Waals surface area contributed by atoms with Crippen molar-refractivity contribution >= 4 is 21.9 Å². The molecule has 1 aromatic carbocycles. The smallest absolute Gasteiger partial charge is 0.278 e. The number of aryl methyl sites for hydroxylation is 1. The lowest BCUT2D eigenvalue weighted by Crippen LogP contribution is -3.11. The van der Waals surface area contributed by atoms with Crippen LogP contribution in [-0.4, -0.2) is 33.8 Å². The summed E-state index contributed by atoms with van der Waals surface area (Å²) in [5, 5.41) is 1.04. The van der Waals surface area contributed by atoms with Crippen LogP contribution in [0, 0.1) is 0 Å². The van der Waals surface area contributed by atoms with Gasteiger partial charge in [0.15, 0.2) is 0 Å². The van der Waals surface area contributed by atoms with Crippen molar-refractivity contribution in [2.45, 2.75) is 20.4 Å². The fraction of sp³-hybridized carbons (Fsp3) is 0.412. The minimum atomic E-state index is 0.0512. The number of quaternary nitrogens is 1. The topological polar surface area (TPSA) is 44.3 Å². The summed E-state index contributed by atoms with van der Waals surface area (Å²) in [5.74, 6) is 0. The molecular formula is C17H23N4O+. The normalized spacial score (nSPS) is 11.8. The SMILES string of the molecule is CC[NH+](CC)CCn1cnc2c3ccccc3n(C)c2c1=O. The number of fused-ring (bicyclic) bond motifs is 3. The molecule has 0 amide bonds. The Labute approximate surface area is 129 Å². The predicted octanol–water partition coefficient (Wildman–Crippen LogP) is 0.813. The van der Waals surface area contributed by atoms with Crippen molar-refractivity contribution in [3.63, 3.8) is 0 Å². The van der Waals surface area contributed by atoms with Crippen LogP contribution in [0.3, 0.4) is 0 Å². The third-order valence-electron chi connectivity index (χ3n) is 4.58. The van der Waals surface area contributed by atoms with Crippen molar-refractivity contribution in [1.29, 1.82) is 0 Å². The summed E-state index contributed by atoms with van der Waals surface area (Å²) in [6, 6.07) is 8.03. The first kappa shape index (κ1) is 14.8. The summed E-state index contributed by atoms with van der Waals surface area (Å²) in [6.45, 7) is 8.16. The van der Waals surface area contributed by atoms with E-state index in [9.17, 15) is 4.79 Å². The van der Waals surface area contributed by atoms with E-state index in [1.54, 1.807) is 10.9 Å². The van der Waals surface area contributed by atoms with Crippen LogP contribution in [0.1, 0.15) is 13.8 Å². The lowest BCUT2D eigenvalue weighted by molar-refractivity contribution is -0.897. The van der Waals surface area contributed by atoms with E-state index in [1.165, 1.54) is 4.90 Å². The van der Waals surface area contributed by atoms with Crippen molar-refractivity contribution in [1.82, 2.24) is 14.1 Å². The maximum atomic E-state index is 12.8. The standard InChI is InChI=1S/C17H22N4O/c1-4-20(5-2)10-11-21-12-18-15-13-8-6-7-9-14(13)19(3)16(15)17(21)22/h6-9,12H,4-5,10-11H2,1-3H3/p+1. The number of aromatic nitrogens is 3. The Morgan fingerprint density at radius 1 is 1.18 bits per heavy atom. The van der Waals surface area contributed by atoms with Gasteiger partial charge < -0.3 is 9.47 Å². The average molecular weight is 299 g/mol. The van der Waals surface area contributed by atoms with Crippen molar-refractivity contribution in [2.75, 3.05) is 19.6 Å². The number of rotatable bonds is 5. The molecule has 22 heavy (non-hydrogen) atoms. The Morgan fingerprint density at radius 2 is 1.91 bits per heavy atom. The minimum Gasteiger partial charge on any atom is -0.338 e. The van der Waals surface area contributed by atoms with Crippen LogP contribution < -0.4 is 10.5 Å². The highest BCUT2D eigenvalue weighted by molar-refractivity contribution is 6.05. The van der Waals surface area contributed by atoms with Gasteiger partial charge in [0.05, 0.1) is 38.0 Å². The van der Waals surface area contributed by atoms with Gasteiger partial charge in [-0.2, -0.15) is 0 Å². The van der Waals surface area contributed by atoms with E-state index in [0.29, 0.717) is 12.1 Å². The Bertz CT molecular complexity index is 858. The van der Waals surface area contributed by atoms with Gasteiger partial charge in [0.2, 0.25) is 0 Å². The number of likely N-dealkylation sites (N-methyl/N-ethyl adjacent to an activating group) is 1. The molecule has 0 bridgehead atoms. The first-order chi connectivity index (χ1) is 10.7. The fourth-order valence-electron chi connectivity index (χ4n) is 3.11. The maximum Gasteiger partial charge on any atom is 0.278 e. The second kappa shape index (κ2) is 5.93. The first-order valence-corrected chi connectivity index (χ1v) is 7.93. The first-order valence-electron chi connectivity index (χ1n) is 7.93. The second-order valence-corrected chi connectivity index (χ2v) is 5.72. The van der Waals surface area contributed by atoms with Gasteiger partial charge in [-0.3, -0.25) is 9.36 Å². The molecule has 2 heterocycles. The van der Waals surface area contributed by atoms with Gasteiger partial charge in [0.1, 0.15) is 11.0 Å². The molecule has 0 unspecified atom stereocenters. The van der Waals surface area contributed by atoms with Crippen molar-refractivity contribution in [3.8, 4) is 0 Å². The van der Waals surface area contributed by atoms with Gasteiger partial charge in [-0.15, -0.1) is 0 Å². The zero-order valence-corrected chi connectivity index (χ0v) is 13.5. The van der Waals surface area contributed by atoms with Gasteiger partial charge in [-0.1, -0.05) is 18.2 Å². The molecule has 1 N–H and O–H groups in total. The van der Waals surface area contributed by atoms with Crippen LogP contribution in [0.25, 0.3) is 21.9 Å². The van der Waals surface area contributed by atoms with Crippen LogP contribution in [-0.2, 0) is 13.6 Å². The molecule has 5 heteroatoms. The van der Waals surface area contributed by atoms with E-state index < -0.39 is 0 Å². The fourth-order valence-corrected chi connectivity index (χ4v) is 3.11. The Kier molecular flexibility index (Phi) is 3.98. The molecule has 3 rings (SSSR count). The van der Waals surface area contributed by atoms with Gasteiger partial charge in [-0.05, 0) is 19.9 Å². The summed E-state index contributed by atoms with van der Waals surface area (Å²) in [5.41, 5.74) is 2.59. The molecule has 2 aromatic heterocycles. The van der Waals surface area contributed by atoms with Crippen LogP contribution in [0.4, 0.5) is 0 Å². The highest BCUT2D eigenvalue weighted by Gasteiger charge is 2.14. The third-order valence-corrected chi connectivity index (χ3v) is 4.58. The van der Waals surface area contributed by atoms with Crippen molar-refractivity contribution in [3.05, 3.63) is 40.9 Å². The number of hydrogen-bond acceptors (Lipinski definition) is 2. The zero-order chi connectivity index (χ0) is 15.7. The summed E-state index contributed by atoms with van der Waals surface area (Å²) < 4.78 is 3.70. The van der Waals surface area contributed by atoms with Crippen molar-refractivity contribution < 1.29 is 4.90 Å². The molecule has 3 aromatic rings. The van der Waals surface area contributed by atoms with E-state index in [1.807, 2.05) is 35.9 Å². The summed E-state index contributed by atoms with van der Waals surface area (Å²) >= 11 is 0. The molecule has 0 radical (unpaired) electrons. The molecule has 0 saturated carbocycles. The predicted molar refractivity (Wildman–Crippen MR) is 89.4 cm³/mol. The van der Waals surface area contributed by atoms with Gasteiger partial charge in [-0.25, -0.2) is 4.98 Å². The van der Waals surface area contributed by atoms with E-state index >= 15 is 0 Å². The Morgan fingerprint density at radius 3 is 2.64 bits per heavy atom. The lowest BCUT2D eigenvalue weighted by Gasteiger charge is -2.15. The summed E-state index contributed by atoms with van der Waals surface area (Å²) in [6.07, 6.45) is 1.69. The number of nitrogens with one attached hydrogen (secondary N) is 1. The van der Waals surface area contributed by atoms with E-state index in [0.717, 1.165) is 36.1 Å². The lowest BCUT2D eigenvalue weighted by atomic mass is 10.2. The molecule has 0 saturated heterocycles. The molecule has 0 atom stereocenters. The molecule has 0 aliphatic heterocycles. The largest absolute Gasteiger partial charge is 0.338 e. The summed E-state index contributed by atoms with van der Waals surface area (Å²) in [7, 11) is 1.94. The van der Waals surface area contributed by atoms with Crippen LogP contribution >= 0.6 is 0 Å². The number of nitrogens with zero attached hydrogens (tertiary/aromatic N) is 3. The molecular weight excluding hydrogens is 276 g/mol. The maximum absolute atomic E-state index is 12.8. The second-order valence-electron chi connectivity index (χ2n) is 5.72. The van der Waals surface area contributed by atoms with E-state index in [4.69, 9.17) is 0 Å². The van der Waals surface area contributed by atoms with Crippen molar-refractivity contribution in [2.24, 2.45) is 7.05 Å². The van der Waals surface area contributed by atoms with E-state index in [-0.39, 0.29) is 5.56 Å². The van der Waals surface area contributed by atoms with Crippen LogP contribution in [0.2, 0.25) is 0 Å². The number of hydrogen-bond donors (Lipinski definition) is 1. The molecule has 0 aliphatic rings. The van der Waals surface area contributed by atoms with Crippen LogP contribution in [0.5, 0.6) is 0 Å². The van der Waals surface area contributed by atoms with E-state index in [2.05, 4.69) is 18.8 Å². The Hall–Kier alpha value is -2.14. The quantitative estimate of drug-likeness (QED) is 0.758. The highest BCUT2D eigenvalue weighted by atomic mass is 16.1. The summed E-state index contributed by atoms with van der Waals surface area (Å²) in [4.78, 5) is 18.8. The molecule has 116 valence electrons. The van der Waals surface area contributed by atoms with Gasteiger partial charge >= 0.3 is 0 Å². The zero-order valence-electron chi connectivity index (χ0n) is 13.5. The molecule has 0 fully saturated rings. The van der Waals surface area contributed by atoms with Gasteiger partial charge in [0.25, 0.3) is 5.56 Å². The number of para-hydroxylation sites is 1. The third kappa shape index (κ3) is 2.31. The highest BCUT2D eigenvalue weighted by Crippen LogP contribution is 2.23. The minimum absolute atomic E-state index is 0.0512. The Balaban J connectivity index is 2.08. The average Bonchev–Trinajstić information content (AvgIpc) is 2.84. The molecule has 0 aliphatic carbocycles. The van der Waals surface area contributed by atoms with Gasteiger partial charge in [0, 0.05) is 12.4 Å². The number of benzene rings is 1.